The van der Waals surface area contributed by atoms with Crippen molar-refractivity contribution >= 4 is 17.4 Å². The number of carbonyl (C=O) groups excluding carboxylic acids is 2. The number of amides is 1. The molecule has 1 saturated heterocycles. The molecule has 0 aliphatic carbocycles. The van der Waals surface area contributed by atoms with Gasteiger partial charge in [-0.1, -0.05) is 19.9 Å². The maximum absolute atomic E-state index is 13.3. The highest BCUT2D eigenvalue weighted by atomic mass is 16.5. The predicted molar refractivity (Wildman–Crippen MR) is 143 cm³/mol. The standard InChI is InChI=1S/C29H38N2O6/c1-18(2)17-36-22-11-8-20(9-12-22)27(32)25-26(31(15-14-30(5)6)29(34)28(25)33)21-10-13-23(37-19(3)4)24(16-21)35-7/h8-13,16,18-19,26,32H,14-15,17H2,1-7H3/b27-25-. The Morgan fingerprint density at radius 1 is 1.03 bits per heavy atom. The van der Waals surface area contributed by atoms with Gasteiger partial charge in [0.1, 0.15) is 11.5 Å². The first-order valence-electron chi connectivity index (χ1n) is 12.5. The zero-order valence-corrected chi connectivity index (χ0v) is 22.8. The molecule has 1 aliphatic heterocycles. The molecule has 8 heteroatoms. The fourth-order valence-corrected chi connectivity index (χ4v) is 4.10. The van der Waals surface area contributed by atoms with Crippen LogP contribution in [0.3, 0.4) is 0 Å². The second-order valence-corrected chi connectivity index (χ2v) is 10.1. The van der Waals surface area contributed by atoms with Gasteiger partial charge in [-0.15, -0.1) is 0 Å². The van der Waals surface area contributed by atoms with E-state index < -0.39 is 17.7 Å². The molecule has 1 unspecified atom stereocenters. The van der Waals surface area contributed by atoms with E-state index in [-0.39, 0.29) is 17.4 Å². The van der Waals surface area contributed by atoms with Gasteiger partial charge in [-0.05, 0) is 75.8 Å². The zero-order valence-electron chi connectivity index (χ0n) is 22.8. The van der Waals surface area contributed by atoms with Crippen molar-refractivity contribution in [3.05, 3.63) is 59.2 Å². The first kappa shape index (κ1) is 28.1. The number of ketones is 1. The average Bonchev–Trinajstić information content (AvgIpc) is 3.10. The van der Waals surface area contributed by atoms with Gasteiger partial charge < -0.3 is 29.1 Å². The fourth-order valence-electron chi connectivity index (χ4n) is 4.10. The van der Waals surface area contributed by atoms with E-state index >= 15 is 0 Å². The van der Waals surface area contributed by atoms with Crippen LogP contribution in [0.25, 0.3) is 5.76 Å². The summed E-state index contributed by atoms with van der Waals surface area (Å²) < 4.78 is 17.1. The summed E-state index contributed by atoms with van der Waals surface area (Å²) in [6.45, 7) is 9.40. The lowest BCUT2D eigenvalue weighted by molar-refractivity contribution is -0.140. The Balaban J connectivity index is 2.08. The Morgan fingerprint density at radius 3 is 2.27 bits per heavy atom. The molecule has 3 rings (SSSR count). The van der Waals surface area contributed by atoms with E-state index in [9.17, 15) is 14.7 Å². The molecule has 1 N–H and O–H groups in total. The SMILES string of the molecule is COc1cc(C2/C(=C(/O)c3ccc(OCC(C)C)cc3)C(=O)C(=O)N2CCN(C)C)ccc1OC(C)C. The topological polar surface area (TPSA) is 88.5 Å². The highest BCUT2D eigenvalue weighted by molar-refractivity contribution is 6.46. The van der Waals surface area contributed by atoms with Gasteiger partial charge in [0, 0.05) is 18.7 Å². The summed E-state index contributed by atoms with van der Waals surface area (Å²) in [5.74, 6) is 0.487. The second-order valence-electron chi connectivity index (χ2n) is 10.1. The molecular formula is C29H38N2O6. The van der Waals surface area contributed by atoms with Crippen LogP contribution in [0.2, 0.25) is 0 Å². The number of rotatable bonds is 11. The molecular weight excluding hydrogens is 472 g/mol. The van der Waals surface area contributed by atoms with Crippen molar-refractivity contribution in [2.24, 2.45) is 5.92 Å². The first-order chi connectivity index (χ1) is 17.5. The number of ether oxygens (including phenoxy) is 3. The van der Waals surface area contributed by atoms with Crippen LogP contribution < -0.4 is 14.2 Å². The van der Waals surface area contributed by atoms with Crippen molar-refractivity contribution in [1.82, 2.24) is 9.80 Å². The summed E-state index contributed by atoms with van der Waals surface area (Å²) in [4.78, 5) is 29.9. The van der Waals surface area contributed by atoms with Crippen molar-refractivity contribution in [1.29, 1.82) is 0 Å². The van der Waals surface area contributed by atoms with Crippen molar-refractivity contribution in [3.8, 4) is 17.2 Å². The molecule has 200 valence electrons. The molecule has 1 aliphatic rings. The van der Waals surface area contributed by atoms with Crippen LogP contribution >= 0.6 is 0 Å². The molecule has 2 aromatic rings. The van der Waals surface area contributed by atoms with Gasteiger partial charge in [-0.2, -0.15) is 0 Å². The first-order valence-corrected chi connectivity index (χ1v) is 12.5. The number of hydrogen-bond donors (Lipinski definition) is 1. The van der Waals surface area contributed by atoms with E-state index in [0.29, 0.717) is 54.0 Å². The second kappa shape index (κ2) is 12.1. The summed E-state index contributed by atoms with van der Waals surface area (Å²) >= 11 is 0. The number of aliphatic hydroxyl groups is 1. The smallest absolute Gasteiger partial charge is 0.295 e. The molecule has 0 aromatic heterocycles. The number of likely N-dealkylation sites (tertiary alicyclic amines) is 1. The fraction of sp³-hybridized carbons (Fsp3) is 0.448. The molecule has 1 atom stereocenters. The van der Waals surface area contributed by atoms with E-state index in [2.05, 4.69) is 13.8 Å². The zero-order chi connectivity index (χ0) is 27.3. The number of likely N-dealkylation sites (N-methyl/N-ethyl adjacent to an activating group) is 1. The van der Waals surface area contributed by atoms with Crippen molar-refractivity contribution in [2.45, 2.75) is 39.8 Å². The van der Waals surface area contributed by atoms with E-state index in [1.807, 2.05) is 32.8 Å². The van der Waals surface area contributed by atoms with Gasteiger partial charge in [-0.3, -0.25) is 9.59 Å². The molecule has 1 heterocycles. The third-order valence-electron chi connectivity index (χ3n) is 5.91. The summed E-state index contributed by atoms with van der Waals surface area (Å²) in [7, 11) is 5.34. The highest BCUT2D eigenvalue weighted by Gasteiger charge is 2.46. The molecule has 1 amide bonds. The van der Waals surface area contributed by atoms with Crippen molar-refractivity contribution < 1.29 is 28.9 Å². The lowest BCUT2D eigenvalue weighted by atomic mass is 9.95. The molecule has 0 saturated carbocycles. The predicted octanol–water partition coefficient (Wildman–Crippen LogP) is 4.50. The van der Waals surface area contributed by atoms with E-state index in [1.54, 1.807) is 42.5 Å². The summed E-state index contributed by atoms with van der Waals surface area (Å²) in [5.41, 5.74) is 1.11. The van der Waals surface area contributed by atoms with Crippen molar-refractivity contribution in [2.75, 3.05) is 40.9 Å². The van der Waals surface area contributed by atoms with Crippen molar-refractivity contribution in [3.63, 3.8) is 0 Å². The number of benzene rings is 2. The van der Waals surface area contributed by atoms with E-state index in [0.717, 1.165) is 0 Å². The van der Waals surface area contributed by atoms with Crippen LogP contribution in [0.1, 0.15) is 44.9 Å². The monoisotopic (exact) mass is 510 g/mol. The Labute approximate surface area is 219 Å². The third-order valence-corrected chi connectivity index (χ3v) is 5.91. The Hall–Kier alpha value is -3.52. The molecule has 0 bridgehead atoms. The number of carbonyl (C=O) groups is 2. The lowest BCUT2D eigenvalue weighted by Gasteiger charge is -2.27. The normalized spacial score (nSPS) is 17.2. The van der Waals surface area contributed by atoms with Gasteiger partial charge in [0.05, 0.1) is 31.4 Å². The van der Waals surface area contributed by atoms with Crippen LogP contribution in [0.4, 0.5) is 0 Å². The van der Waals surface area contributed by atoms with Gasteiger partial charge in [0.25, 0.3) is 11.7 Å². The summed E-state index contributed by atoms with van der Waals surface area (Å²) in [5, 5.41) is 11.3. The number of Topliss-reactive ketones (excluding diaryl/α,β-unsaturated/α-hetero) is 1. The van der Waals surface area contributed by atoms with Gasteiger partial charge >= 0.3 is 0 Å². The molecule has 0 radical (unpaired) electrons. The molecule has 1 fully saturated rings. The molecule has 8 nitrogen and oxygen atoms in total. The Kier molecular flexibility index (Phi) is 9.21. The van der Waals surface area contributed by atoms with E-state index in [4.69, 9.17) is 14.2 Å². The highest BCUT2D eigenvalue weighted by Crippen LogP contribution is 2.42. The lowest BCUT2D eigenvalue weighted by Crippen LogP contribution is -2.35. The number of nitrogens with zero attached hydrogens (tertiary/aromatic N) is 2. The Morgan fingerprint density at radius 2 is 1.70 bits per heavy atom. The largest absolute Gasteiger partial charge is 0.507 e. The van der Waals surface area contributed by atoms with E-state index in [1.165, 1.54) is 12.0 Å². The number of aliphatic hydroxyl groups excluding tert-OH is 1. The molecule has 0 spiro atoms. The quantitative estimate of drug-likeness (QED) is 0.270. The summed E-state index contributed by atoms with van der Waals surface area (Å²) in [6.07, 6.45) is -0.0574. The van der Waals surface area contributed by atoms with Gasteiger partial charge in [0.15, 0.2) is 11.5 Å². The number of methoxy groups -OCH3 is 1. The molecule has 37 heavy (non-hydrogen) atoms. The Bertz CT molecular complexity index is 1140. The van der Waals surface area contributed by atoms with Crippen LogP contribution in [0, 0.1) is 5.92 Å². The van der Waals surface area contributed by atoms with Crippen LogP contribution in [-0.4, -0.2) is 73.6 Å². The van der Waals surface area contributed by atoms with Crippen LogP contribution in [-0.2, 0) is 9.59 Å². The molecule has 2 aromatic carbocycles. The van der Waals surface area contributed by atoms with Gasteiger partial charge in [0.2, 0.25) is 0 Å². The minimum atomic E-state index is -0.779. The summed E-state index contributed by atoms with van der Waals surface area (Å²) in [6, 6.07) is 11.4. The average molecular weight is 511 g/mol. The minimum absolute atomic E-state index is 0.0409. The van der Waals surface area contributed by atoms with Gasteiger partial charge in [-0.25, -0.2) is 0 Å². The minimum Gasteiger partial charge on any atom is -0.507 e. The maximum atomic E-state index is 13.3. The maximum Gasteiger partial charge on any atom is 0.295 e. The third kappa shape index (κ3) is 6.63. The van der Waals surface area contributed by atoms with Crippen LogP contribution in [0.5, 0.6) is 17.2 Å². The van der Waals surface area contributed by atoms with Crippen LogP contribution in [0.15, 0.2) is 48.0 Å². The number of hydrogen-bond acceptors (Lipinski definition) is 7.